The summed E-state index contributed by atoms with van der Waals surface area (Å²) in [5, 5.41) is 11.1. The SMILES string of the molecule is O=[N+]([O-])c1ccc(F)cc1CN1CCCN(c2ccccc2)CC1. The molecule has 0 saturated carbocycles. The molecule has 0 aliphatic carbocycles. The second kappa shape index (κ2) is 7.40. The molecule has 0 aromatic heterocycles. The molecule has 1 saturated heterocycles. The largest absolute Gasteiger partial charge is 0.370 e. The normalized spacial score (nSPS) is 16.0. The number of halogens is 1. The number of hydrogen-bond acceptors (Lipinski definition) is 4. The Balaban J connectivity index is 1.69. The summed E-state index contributed by atoms with van der Waals surface area (Å²) in [6, 6.07) is 13.9. The minimum absolute atomic E-state index is 0.0134. The highest BCUT2D eigenvalue weighted by atomic mass is 19.1. The van der Waals surface area contributed by atoms with Crippen molar-refractivity contribution in [3.8, 4) is 0 Å². The molecule has 2 aromatic rings. The molecule has 0 bridgehead atoms. The second-order valence-electron chi connectivity index (χ2n) is 5.98. The number of rotatable bonds is 4. The van der Waals surface area contributed by atoms with E-state index < -0.39 is 10.7 Å². The van der Waals surface area contributed by atoms with E-state index in [2.05, 4.69) is 21.9 Å². The van der Waals surface area contributed by atoms with Crippen LogP contribution in [0.15, 0.2) is 48.5 Å². The van der Waals surface area contributed by atoms with Gasteiger partial charge in [0, 0.05) is 50.0 Å². The average Bonchev–Trinajstić information content (AvgIpc) is 2.81. The Hall–Kier alpha value is -2.47. The summed E-state index contributed by atoms with van der Waals surface area (Å²) in [5.41, 5.74) is 1.62. The zero-order valence-corrected chi connectivity index (χ0v) is 13.4. The maximum absolute atomic E-state index is 13.5. The van der Waals surface area contributed by atoms with Crippen LogP contribution >= 0.6 is 0 Å². The maximum Gasteiger partial charge on any atom is 0.274 e. The van der Waals surface area contributed by atoms with Crippen molar-refractivity contribution in [3.05, 3.63) is 70.0 Å². The van der Waals surface area contributed by atoms with Crippen molar-refractivity contribution >= 4 is 11.4 Å². The summed E-state index contributed by atoms with van der Waals surface area (Å²) < 4.78 is 13.5. The van der Waals surface area contributed by atoms with Crippen molar-refractivity contribution in [3.63, 3.8) is 0 Å². The standard InChI is InChI=1S/C18H20FN3O2/c19-16-7-8-18(22(23)24)15(13-16)14-20-9-4-10-21(12-11-20)17-5-2-1-3-6-17/h1-3,5-8,13H,4,9-12,14H2. The zero-order valence-electron chi connectivity index (χ0n) is 13.4. The molecule has 0 atom stereocenters. The first kappa shape index (κ1) is 16.4. The van der Waals surface area contributed by atoms with Gasteiger partial charge in [-0.2, -0.15) is 0 Å². The van der Waals surface area contributed by atoms with Gasteiger partial charge < -0.3 is 4.90 Å². The van der Waals surface area contributed by atoms with Gasteiger partial charge in [-0.25, -0.2) is 4.39 Å². The van der Waals surface area contributed by atoms with Crippen molar-refractivity contribution in [2.45, 2.75) is 13.0 Å². The summed E-state index contributed by atoms with van der Waals surface area (Å²) in [6.45, 7) is 3.84. The Bertz CT molecular complexity index is 709. The van der Waals surface area contributed by atoms with Crippen LogP contribution in [0.1, 0.15) is 12.0 Å². The monoisotopic (exact) mass is 329 g/mol. The number of hydrogen-bond donors (Lipinski definition) is 0. The van der Waals surface area contributed by atoms with Crippen LogP contribution in [0.4, 0.5) is 15.8 Å². The molecular weight excluding hydrogens is 309 g/mol. The van der Waals surface area contributed by atoms with Crippen LogP contribution in [0, 0.1) is 15.9 Å². The molecule has 1 fully saturated rings. The third-order valence-electron chi connectivity index (χ3n) is 4.34. The first-order valence-corrected chi connectivity index (χ1v) is 8.08. The van der Waals surface area contributed by atoms with Gasteiger partial charge in [0.25, 0.3) is 5.69 Å². The van der Waals surface area contributed by atoms with Crippen LogP contribution < -0.4 is 4.90 Å². The highest BCUT2D eigenvalue weighted by Gasteiger charge is 2.20. The summed E-state index contributed by atoms with van der Waals surface area (Å²) >= 11 is 0. The molecule has 24 heavy (non-hydrogen) atoms. The van der Waals surface area contributed by atoms with Crippen LogP contribution in [-0.2, 0) is 6.54 Å². The Kier molecular flexibility index (Phi) is 5.05. The van der Waals surface area contributed by atoms with E-state index in [-0.39, 0.29) is 5.69 Å². The van der Waals surface area contributed by atoms with E-state index in [1.54, 1.807) is 0 Å². The Morgan fingerprint density at radius 2 is 1.83 bits per heavy atom. The van der Waals surface area contributed by atoms with Crippen molar-refractivity contribution < 1.29 is 9.31 Å². The van der Waals surface area contributed by atoms with E-state index >= 15 is 0 Å². The van der Waals surface area contributed by atoms with E-state index in [0.29, 0.717) is 12.1 Å². The molecule has 126 valence electrons. The van der Waals surface area contributed by atoms with Crippen molar-refractivity contribution in [2.24, 2.45) is 0 Å². The maximum atomic E-state index is 13.5. The topological polar surface area (TPSA) is 49.6 Å². The fraction of sp³-hybridized carbons (Fsp3) is 0.333. The van der Waals surface area contributed by atoms with E-state index in [1.165, 1.54) is 17.8 Å². The highest BCUT2D eigenvalue weighted by Crippen LogP contribution is 2.22. The van der Waals surface area contributed by atoms with Crippen LogP contribution in [-0.4, -0.2) is 36.0 Å². The smallest absolute Gasteiger partial charge is 0.274 e. The Morgan fingerprint density at radius 3 is 2.58 bits per heavy atom. The number of nitro benzene ring substituents is 1. The van der Waals surface area contributed by atoms with Crippen molar-refractivity contribution in [1.29, 1.82) is 0 Å². The van der Waals surface area contributed by atoms with Gasteiger partial charge in [-0.1, -0.05) is 18.2 Å². The molecule has 3 rings (SSSR count). The molecule has 0 N–H and O–H groups in total. The predicted molar refractivity (Wildman–Crippen MR) is 91.6 cm³/mol. The van der Waals surface area contributed by atoms with Crippen LogP contribution in [0.5, 0.6) is 0 Å². The molecule has 0 spiro atoms. The number of para-hydroxylation sites is 1. The summed E-state index contributed by atoms with van der Waals surface area (Å²) in [6.07, 6.45) is 0.970. The number of anilines is 1. The average molecular weight is 329 g/mol. The molecule has 0 amide bonds. The molecular formula is C18H20FN3O2. The molecule has 6 heteroatoms. The van der Waals surface area contributed by atoms with Gasteiger partial charge in [-0.15, -0.1) is 0 Å². The molecule has 5 nitrogen and oxygen atoms in total. The van der Waals surface area contributed by atoms with E-state index in [0.717, 1.165) is 38.7 Å². The van der Waals surface area contributed by atoms with Crippen molar-refractivity contribution in [2.75, 3.05) is 31.1 Å². The fourth-order valence-electron chi connectivity index (χ4n) is 3.13. The Labute approximate surface area is 140 Å². The van der Waals surface area contributed by atoms with E-state index in [1.807, 2.05) is 18.2 Å². The minimum Gasteiger partial charge on any atom is -0.370 e. The molecule has 0 radical (unpaired) electrons. The van der Waals surface area contributed by atoms with Crippen LogP contribution in [0.3, 0.4) is 0 Å². The fourth-order valence-corrected chi connectivity index (χ4v) is 3.13. The van der Waals surface area contributed by atoms with Crippen LogP contribution in [0.25, 0.3) is 0 Å². The van der Waals surface area contributed by atoms with Gasteiger partial charge in [0.15, 0.2) is 0 Å². The third kappa shape index (κ3) is 3.89. The summed E-state index contributed by atoms with van der Waals surface area (Å²) in [4.78, 5) is 15.2. The van der Waals surface area contributed by atoms with E-state index in [4.69, 9.17) is 0 Å². The first-order valence-electron chi connectivity index (χ1n) is 8.08. The third-order valence-corrected chi connectivity index (χ3v) is 4.34. The van der Waals surface area contributed by atoms with E-state index in [9.17, 15) is 14.5 Å². The van der Waals surface area contributed by atoms with Gasteiger partial charge >= 0.3 is 0 Å². The highest BCUT2D eigenvalue weighted by molar-refractivity contribution is 5.46. The molecule has 1 aliphatic heterocycles. The van der Waals surface area contributed by atoms with Gasteiger partial charge in [-0.05, 0) is 30.7 Å². The van der Waals surface area contributed by atoms with Crippen molar-refractivity contribution in [1.82, 2.24) is 4.90 Å². The first-order chi connectivity index (χ1) is 11.6. The molecule has 1 aliphatic rings. The van der Waals surface area contributed by atoms with Crippen LogP contribution in [0.2, 0.25) is 0 Å². The zero-order chi connectivity index (χ0) is 16.9. The molecule has 1 heterocycles. The lowest BCUT2D eigenvalue weighted by Gasteiger charge is -2.23. The van der Waals surface area contributed by atoms with Gasteiger partial charge in [0.05, 0.1) is 4.92 Å². The number of nitro groups is 1. The van der Waals surface area contributed by atoms with Gasteiger partial charge in [0.2, 0.25) is 0 Å². The Morgan fingerprint density at radius 1 is 1.04 bits per heavy atom. The minimum atomic E-state index is -0.442. The lowest BCUT2D eigenvalue weighted by Crippen LogP contribution is -2.30. The molecule has 0 unspecified atom stereocenters. The number of nitrogens with zero attached hydrogens (tertiary/aromatic N) is 3. The lowest BCUT2D eigenvalue weighted by atomic mass is 10.1. The second-order valence-corrected chi connectivity index (χ2v) is 5.98. The van der Waals surface area contributed by atoms with Gasteiger partial charge in [-0.3, -0.25) is 15.0 Å². The molecule has 2 aromatic carbocycles. The predicted octanol–water partition coefficient (Wildman–Crippen LogP) is 3.45. The lowest BCUT2D eigenvalue weighted by molar-refractivity contribution is -0.385. The van der Waals surface area contributed by atoms with Gasteiger partial charge in [0.1, 0.15) is 5.82 Å². The summed E-state index contributed by atoms with van der Waals surface area (Å²) in [5.74, 6) is -0.434. The summed E-state index contributed by atoms with van der Waals surface area (Å²) in [7, 11) is 0. The quantitative estimate of drug-likeness (QED) is 0.637. The number of benzene rings is 2.